The Hall–Kier alpha value is -2.95. The van der Waals surface area contributed by atoms with Gasteiger partial charge in [0.15, 0.2) is 0 Å². The molecule has 1 aliphatic rings. The summed E-state index contributed by atoms with van der Waals surface area (Å²) in [5, 5.41) is 7.23. The second kappa shape index (κ2) is 9.83. The minimum Gasteiger partial charge on any atom is -0.326 e. The molecule has 2 aromatic rings. The largest absolute Gasteiger partial charge is 0.326 e. The molecule has 0 aliphatic heterocycles. The van der Waals surface area contributed by atoms with Crippen LogP contribution in [0.4, 0.5) is 5.69 Å². The average molecular weight is 377 g/mol. The lowest BCUT2D eigenvalue weighted by atomic mass is 9.88. The Morgan fingerprint density at radius 3 is 2.25 bits per heavy atom. The standard InChI is InChI=1S/C23H27N3O2/c1-2-21(17-9-5-3-6-10-17)25-26-23(28)19-13-15-20(16-14-19)24-22(27)18-11-7-4-8-12-18/h3,5-6,9-10,13-16,18H,2,4,7-8,11-12H2,1H3,(H,24,27)(H,26,28). The van der Waals surface area contributed by atoms with E-state index < -0.39 is 0 Å². The minimum absolute atomic E-state index is 0.0805. The maximum atomic E-state index is 12.4. The van der Waals surface area contributed by atoms with Crippen LogP contribution in [0.25, 0.3) is 0 Å². The van der Waals surface area contributed by atoms with E-state index in [0.29, 0.717) is 11.3 Å². The van der Waals surface area contributed by atoms with Crippen LogP contribution in [-0.4, -0.2) is 17.5 Å². The van der Waals surface area contributed by atoms with Crippen LogP contribution < -0.4 is 10.7 Å². The first-order valence-electron chi connectivity index (χ1n) is 10.0. The number of rotatable bonds is 6. The minimum atomic E-state index is -0.271. The molecule has 0 bridgehead atoms. The van der Waals surface area contributed by atoms with Gasteiger partial charge in [0.1, 0.15) is 0 Å². The number of hydrogen-bond donors (Lipinski definition) is 2. The Morgan fingerprint density at radius 1 is 0.929 bits per heavy atom. The molecule has 0 aromatic heterocycles. The quantitative estimate of drug-likeness (QED) is 0.563. The van der Waals surface area contributed by atoms with Crippen LogP contribution in [0, 0.1) is 5.92 Å². The van der Waals surface area contributed by atoms with Crippen LogP contribution in [0.2, 0.25) is 0 Å². The summed E-state index contributed by atoms with van der Waals surface area (Å²) in [5.41, 5.74) is 5.66. The zero-order chi connectivity index (χ0) is 19.8. The van der Waals surface area contributed by atoms with Crippen LogP contribution in [0.1, 0.15) is 61.4 Å². The van der Waals surface area contributed by atoms with Crippen molar-refractivity contribution in [2.45, 2.75) is 45.4 Å². The second-order valence-corrected chi connectivity index (χ2v) is 7.12. The number of carbonyl (C=O) groups is 2. The normalized spacial score (nSPS) is 15.1. The van der Waals surface area contributed by atoms with E-state index in [-0.39, 0.29) is 17.7 Å². The van der Waals surface area contributed by atoms with Gasteiger partial charge in [0.2, 0.25) is 5.91 Å². The zero-order valence-electron chi connectivity index (χ0n) is 16.3. The third-order valence-corrected chi connectivity index (χ3v) is 5.12. The first kappa shape index (κ1) is 19.8. The fraction of sp³-hybridized carbons (Fsp3) is 0.348. The molecule has 2 N–H and O–H groups in total. The van der Waals surface area contributed by atoms with E-state index in [1.807, 2.05) is 37.3 Å². The van der Waals surface area contributed by atoms with Crippen LogP contribution in [-0.2, 0) is 4.79 Å². The molecule has 3 rings (SSSR count). The molecule has 2 amide bonds. The topological polar surface area (TPSA) is 70.6 Å². The SMILES string of the molecule is CCC(=NNC(=O)c1ccc(NC(=O)C2CCCCC2)cc1)c1ccccc1. The number of benzene rings is 2. The van der Waals surface area contributed by atoms with Crippen molar-refractivity contribution in [1.29, 1.82) is 0 Å². The van der Waals surface area contributed by atoms with Crippen molar-refractivity contribution in [3.05, 3.63) is 65.7 Å². The van der Waals surface area contributed by atoms with Gasteiger partial charge in [-0.1, -0.05) is 56.5 Å². The van der Waals surface area contributed by atoms with Gasteiger partial charge < -0.3 is 5.32 Å². The molecular weight excluding hydrogens is 350 g/mol. The maximum absolute atomic E-state index is 12.4. The average Bonchev–Trinajstić information content (AvgIpc) is 2.76. The van der Waals surface area contributed by atoms with Crippen LogP contribution in [0.15, 0.2) is 59.7 Å². The van der Waals surface area contributed by atoms with Gasteiger partial charge in [-0.15, -0.1) is 0 Å². The Balaban J connectivity index is 1.58. The van der Waals surface area contributed by atoms with E-state index in [1.165, 1.54) is 6.42 Å². The molecule has 0 saturated heterocycles. The van der Waals surface area contributed by atoms with E-state index in [9.17, 15) is 9.59 Å². The lowest BCUT2D eigenvalue weighted by Gasteiger charge is -2.20. The molecule has 146 valence electrons. The number of nitrogens with zero attached hydrogens (tertiary/aromatic N) is 1. The third kappa shape index (κ3) is 5.28. The van der Waals surface area contributed by atoms with Gasteiger partial charge in [-0.2, -0.15) is 5.10 Å². The summed E-state index contributed by atoms with van der Waals surface area (Å²) in [4.78, 5) is 24.7. The Bertz CT molecular complexity index is 823. The van der Waals surface area contributed by atoms with E-state index in [2.05, 4.69) is 15.8 Å². The van der Waals surface area contributed by atoms with Crippen molar-refractivity contribution in [2.75, 3.05) is 5.32 Å². The third-order valence-electron chi connectivity index (χ3n) is 5.12. The molecule has 1 fully saturated rings. The smallest absolute Gasteiger partial charge is 0.271 e. The molecular formula is C23H27N3O2. The first-order chi connectivity index (χ1) is 13.7. The van der Waals surface area contributed by atoms with Gasteiger partial charge in [-0.05, 0) is 49.1 Å². The molecule has 0 atom stereocenters. The fourth-order valence-electron chi connectivity index (χ4n) is 3.48. The lowest BCUT2D eigenvalue weighted by Crippen LogP contribution is -2.24. The van der Waals surface area contributed by atoms with Gasteiger partial charge >= 0.3 is 0 Å². The summed E-state index contributed by atoms with van der Waals surface area (Å²) in [6.07, 6.45) is 6.12. The predicted molar refractivity (Wildman–Crippen MR) is 112 cm³/mol. The number of amides is 2. The van der Waals surface area contributed by atoms with Gasteiger partial charge in [0, 0.05) is 17.2 Å². The van der Waals surface area contributed by atoms with Gasteiger partial charge in [0.05, 0.1) is 5.71 Å². The Labute approximate surface area is 166 Å². The summed E-state index contributed by atoms with van der Waals surface area (Å²) in [7, 11) is 0. The number of carbonyl (C=O) groups excluding carboxylic acids is 2. The highest BCUT2D eigenvalue weighted by Gasteiger charge is 2.21. The Morgan fingerprint density at radius 2 is 1.61 bits per heavy atom. The monoisotopic (exact) mass is 377 g/mol. The predicted octanol–water partition coefficient (Wildman–Crippen LogP) is 4.75. The summed E-state index contributed by atoms with van der Waals surface area (Å²) < 4.78 is 0. The van der Waals surface area contributed by atoms with Gasteiger partial charge in [-0.3, -0.25) is 9.59 Å². The highest BCUT2D eigenvalue weighted by atomic mass is 16.2. The number of hydrogen-bond acceptors (Lipinski definition) is 3. The van der Waals surface area contributed by atoms with Crippen molar-refractivity contribution in [3.8, 4) is 0 Å². The molecule has 0 spiro atoms. The molecule has 2 aromatic carbocycles. The van der Waals surface area contributed by atoms with Crippen LogP contribution >= 0.6 is 0 Å². The van der Waals surface area contributed by atoms with Crippen molar-refractivity contribution >= 4 is 23.2 Å². The van der Waals surface area contributed by atoms with Crippen LogP contribution in [0.5, 0.6) is 0 Å². The Kier molecular flexibility index (Phi) is 6.95. The lowest BCUT2D eigenvalue weighted by molar-refractivity contribution is -0.120. The van der Waals surface area contributed by atoms with Crippen molar-refractivity contribution in [1.82, 2.24) is 5.43 Å². The van der Waals surface area contributed by atoms with Gasteiger partial charge in [0.25, 0.3) is 5.91 Å². The van der Waals surface area contributed by atoms with Crippen LogP contribution in [0.3, 0.4) is 0 Å². The molecule has 1 saturated carbocycles. The van der Waals surface area contributed by atoms with E-state index in [4.69, 9.17) is 0 Å². The van der Waals surface area contributed by atoms with Crippen molar-refractivity contribution < 1.29 is 9.59 Å². The molecule has 28 heavy (non-hydrogen) atoms. The number of anilines is 1. The van der Waals surface area contributed by atoms with E-state index in [0.717, 1.165) is 43.4 Å². The highest BCUT2D eigenvalue weighted by molar-refractivity contribution is 6.02. The molecule has 0 radical (unpaired) electrons. The summed E-state index contributed by atoms with van der Waals surface area (Å²) in [5.74, 6) is -0.0829. The maximum Gasteiger partial charge on any atom is 0.271 e. The molecule has 1 aliphatic carbocycles. The molecule has 0 unspecified atom stereocenters. The van der Waals surface area contributed by atoms with E-state index >= 15 is 0 Å². The molecule has 5 nitrogen and oxygen atoms in total. The van der Waals surface area contributed by atoms with Crippen molar-refractivity contribution in [2.24, 2.45) is 11.0 Å². The summed E-state index contributed by atoms with van der Waals surface area (Å²) in [6.45, 7) is 2.00. The number of hydrazone groups is 1. The summed E-state index contributed by atoms with van der Waals surface area (Å²) in [6, 6.07) is 16.7. The highest BCUT2D eigenvalue weighted by Crippen LogP contribution is 2.25. The second-order valence-electron chi connectivity index (χ2n) is 7.12. The molecule has 5 heteroatoms. The zero-order valence-corrected chi connectivity index (χ0v) is 16.3. The van der Waals surface area contributed by atoms with E-state index in [1.54, 1.807) is 24.3 Å². The fourth-order valence-corrected chi connectivity index (χ4v) is 3.48. The van der Waals surface area contributed by atoms with Gasteiger partial charge in [-0.25, -0.2) is 5.43 Å². The first-order valence-corrected chi connectivity index (χ1v) is 10.0. The molecule has 0 heterocycles. The number of nitrogens with one attached hydrogen (secondary N) is 2. The summed E-state index contributed by atoms with van der Waals surface area (Å²) >= 11 is 0. The van der Waals surface area contributed by atoms with Crippen molar-refractivity contribution in [3.63, 3.8) is 0 Å².